The Balaban J connectivity index is 1.31. The summed E-state index contributed by atoms with van der Waals surface area (Å²) in [5.74, 6) is 0.549. The van der Waals surface area contributed by atoms with Gasteiger partial charge in [0.2, 0.25) is 5.95 Å². The zero-order chi connectivity index (χ0) is 23.1. The first kappa shape index (κ1) is 20.7. The molecule has 1 aliphatic rings. The van der Waals surface area contributed by atoms with Gasteiger partial charge in [-0.15, -0.1) is 11.3 Å². The van der Waals surface area contributed by atoms with Crippen LogP contribution < -0.4 is 10.2 Å². The van der Waals surface area contributed by atoms with Crippen molar-refractivity contribution in [3.63, 3.8) is 0 Å². The van der Waals surface area contributed by atoms with Crippen LogP contribution in [0.5, 0.6) is 0 Å². The Labute approximate surface area is 201 Å². The van der Waals surface area contributed by atoms with Crippen LogP contribution in [-0.2, 0) is 0 Å². The molecular formula is C26H23N7S. The van der Waals surface area contributed by atoms with Gasteiger partial charge in [0.15, 0.2) is 0 Å². The summed E-state index contributed by atoms with van der Waals surface area (Å²) in [7, 11) is 2.17. The Morgan fingerprint density at radius 3 is 2.62 bits per heavy atom. The van der Waals surface area contributed by atoms with E-state index in [4.69, 9.17) is 4.98 Å². The zero-order valence-corrected chi connectivity index (χ0v) is 19.6. The van der Waals surface area contributed by atoms with E-state index in [0.29, 0.717) is 11.5 Å². The van der Waals surface area contributed by atoms with Gasteiger partial charge in [-0.25, -0.2) is 4.98 Å². The molecular weight excluding hydrogens is 442 g/mol. The average Bonchev–Trinajstić information content (AvgIpc) is 3.51. The number of nitriles is 1. The number of anilines is 3. The number of H-pyrrole nitrogens is 1. The van der Waals surface area contributed by atoms with Crippen molar-refractivity contribution in [2.75, 3.05) is 43.4 Å². The fourth-order valence-electron chi connectivity index (χ4n) is 4.36. The number of nitrogens with one attached hydrogen (secondary N) is 2. The van der Waals surface area contributed by atoms with Gasteiger partial charge in [-0.2, -0.15) is 10.2 Å². The SMILES string of the molecule is CN1CCN(c2ccc(Nc3nc(-c4cc5cc(C#N)ccc5s4)c4cc[nH]c4n3)cc2)CC1. The Morgan fingerprint density at radius 2 is 1.82 bits per heavy atom. The highest BCUT2D eigenvalue weighted by atomic mass is 32.1. The molecule has 0 saturated carbocycles. The van der Waals surface area contributed by atoms with Crippen LogP contribution in [0.1, 0.15) is 5.56 Å². The molecule has 3 aromatic heterocycles. The van der Waals surface area contributed by atoms with Gasteiger partial charge in [-0.1, -0.05) is 0 Å². The molecule has 7 nitrogen and oxygen atoms in total. The van der Waals surface area contributed by atoms with Crippen molar-refractivity contribution in [2.45, 2.75) is 0 Å². The number of piperazine rings is 1. The maximum Gasteiger partial charge on any atom is 0.229 e. The maximum absolute atomic E-state index is 9.23. The molecule has 1 aliphatic heterocycles. The summed E-state index contributed by atoms with van der Waals surface area (Å²) in [5, 5.41) is 14.6. The molecule has 1 saturated heterocycles. The van der Waals surface area contributed by atoms with Crippen LogP contribution in [0.15, 0.2) is 60.8 Å². The summed E-state index contributed by atoms with van der Waals surface area (Å²) in [6, 6.07) is 20.6. The number of aromatic nitrogens is 3. The van der Waals surface area contributed by atoms with Crippen molar-refractivity contribution < 1.29 is 0 Å². The molecule has 0 amide bonds. The van der Waals surface area contributed by atoms with Crippen LogP contribution in [0, 0.1) is 11.3 Å². The van der Waals surface area contributed by atoms with Gasteiger partial charge in [-0.3, -0.25) is 0 Å². The Kier molecular flexibility index (Phi) is 5.13. The number of thiophene rings is 1. The molecule has 4 heterocycles. The second kappa shape index (κ2) is 8.45. The fraction of sp³-hybridized carbons (Fsp3) is 0.192. The third-order valence-electron chi connectivity index (χ3n) is 6.29. The summed E-state index contributed by atoms with van der Waals surface area (Å²) in [4.78, 5) is 18.6. The maximum atomic E-state index is 9.23. The quantitative estimate of drug-likeness (QED) is 0.379. The zero-order valence-electron chi connectivity index (χ0n) is 18.7. The molecule has 0 aliphatic carbocycles. The second-order valence-corrected chi connectivity index (χ2v) is 9.66. The van der Waals surface area contributed by atoms with E-state index in [1.165, 1.54) is 5.69 Å². The van der Waals surface area contributed by atoms with Gasteiger partial charge >= 0.3 is 0 Å². The van der Waals surface area contributed by atoms with E-state index in [1.807, 2.05) is 30.5 Å². The van der Waals surface area contributed by atoms with Crippen LogP contribution in [-0.4, -0.2) is 53.1 Å². The van der Waals surface area contributed by atoms with E-state index < -0.39 is 0 Å². The van der Waals surface area contributed by atoms with E-state index in [0.717, 1.165) is 63.6 Å². The standard InChI is InChI=1S/C26H23N7S/c1-32-10-12-33(13-11-32)20-5-3-19(4-6-20)29-26-30-24(21-8-9-28-25(21)31-26)23-15-18-14-17(16-27)2-7-22(18)34-23/h2-9,14-15H,10-13H2,1H3,(H2,28,29,30,31). The van der Waals surface area contributed by atoms with Crippen LogP contribution in [0.2, 0.25) is 0 Å². The molecule has 168 valence electrons. The Hall–Kier alpha value is -3.93. The molecule has 8 heteroatoms. The van der Waals surface area contributed by atoms with E-state index in [-0.39, 0.29) is 0 Å². The number of likely N-dealkylation sites (N-methyl/N-ethyl adjacent to an activating group) is 1. The fourth-order valence-corrected chi connectivity index (χ4v) is 5.41. The van der Waals surface area contributed by atoms with Crippen molar-refractivity contribution in [1.29, 1.82) is 5.26 Å². The lowest BCUT2D eigenvalue weighted by atomic mass is 10.1. The van der Waals surface area contributed by atoms with Crippen LogP contribution >= 0.6 is 11.3 Å². The molecule has 1 fully saturated rings. The minimum Gasteiger partial charge on any atom is -0.369 e. The normalized spacial score (nSPS) is 14.5. The summed E-state index contributed by atoms with van der Waals surface area (Å²) in [6.45, 7) is 4.26. The van der Waals surface area contributed by atoms with Gasteiger partial charge in [0, 0.05) is 53.8 Å². The largest absolute Gasteiger partial charge is 0.369 e. The number of aromatic amines is 1. The summed E-state index contributed by atoms with van der Waals surface area (Å²) in [5.41, 5.74) is 4.51. The van der Waals surface area contributed by atoms with Gasteiger partial charge < -0.3 is 20.1 Å². The summed E-state index contributed by atoms with van der Waals surface area (Å²) >= 11 is 1.67. The number of rotatable bonds is 4. The van der Waals surface area contributed by atoms with Crippen molar-refractivity contribution in [1.82, 2.24) is 19.9 Å². The average molecular weight is 466 g/mol. The lowest BCUT2D eigenvalue weighted by molar-refractivity contribution is 0.313. The molecule has 0 atom stereocenters. The highest BCUT2D eigenvalue weighted by Gasteiger charge is 2.16. The lowest BCUT2D eigenvalue weighted by Gasteiger charge is -2.34. The van der Waals surface area contributed by atoms with Crippen molar-refractivity contribution >= 4 is 49.8 Å². The number of nitrogens with zero attached hydrogens (tertiary/aromatic N) is 5. The molecule has 0 spiro atoms. The predicted molar refractivity (Wildman–Crippen MR) is 139 cm³/mol. The van der Waals surface area contributed by atoms with Gasteiger partial charge in [0.1, 0.15) is 5.65 Å². The van der Waals surface area contributed by atoms with Crippen molar-refractivity contribution in [3.05, 3.63) is 66.4 Å². The predicted octanol–water partition coefficient (Wildman–Crippen LogP) is 5.21. The molecule has 0 bridgehead atoms. The number of hydrogen-bond donors (Lipinski definition) is 2. The van der Waals surface area contributed by atoms with Gasteiger partial charge in [-0.05, 0) is 67.0 Å². The van der Waals surface area contributed by atoms with Crippen LogP contribution in [0.3, 0.4) is 0 Å². The number of fused-ring (bicyclic) bond motifs is 2. The van der Waals surface area contributed by atoms with E-state index in [2.05, 4.69) is 68.5 Å². The molecule has 2 N–H and O–H groups in total. The molecule has 0 radical (unpaired) electrons. The Bertz CT molecular complexity index is 1520. The first-order valence-electron chi connectivity index (χ1n) is 11.3. The number of hydrogen-bond acceptors (Lipinski definition) is 7. The molecule has 5 aromatic rings. The molecule has 6 rings (SSSR count). The minimum absolute atomic E-state index is 0.549. The first-order chi connectivity index (χ1) is 16.7. The topological polar surface area (TPSA) is 83.9 Å². The second-order valence-electron chi connectivity index (χ2n) is 8.57. The summed E-state index contributed by atoms with van der Waals surface area (Å²) < 4.78 is 1.13. The summed E-state index contributed by atoms with van der Waals surface area (Å²) in [6.07, 6.45) is 1.89. The van der Waals surface area contributed by atoms with Gasteiger partial charge in [0.05, 0.1) is 22.2 Å². The lowest BCUT2D eigenvalue weighted by Crippen LogP contribution is -2.44. The first-order valence-corrected chi connectivity index (χ1v) is 12.1. The van der Waals surface area contributed by atoms with E-state index >= 15 is 0 Å². The van der Waals surface area contributed by atoms with E-state index in [9.17, 15) is 5.26 Å². The highest BCUT2D eigenvalue weighted by molar-refractivity contribution is 7.22. The molecule has 34 heavy (non-hydrogen) atoms. The minimum atomic E-state index is 0.549. The Morgan fingerprint density at radius 1 is 1.00 bits per heavy atom. The highest BCUT2D eigenvalue weighted by Crippen LogP contribution is 2.37. The van der Waals surface area contributed by atoms with Crippen molar-refractivity contribution in [3.8, 4) is 16.6 Å². The molecule has 2 aromatic carbocycles. The monoisotopic (exact) mass is 465 g/mol. The van der Waals surface area contributed by atoms with Crippen LogP contribution in [0.4, 0.5) is 17.3 Å². The smallest absolute Gasteiger partial charge is 0.229 e. The number of benzene rings is 2. The van der Waals surface area contributed by atoms with Crippen LogP contribution in [0.25, 0.3) is 31.7 Å². The van der Waals surface area contributed by atoms with Crippen molar-refractivity contribution in [2.24, 2.45) is 0 Å². The third-order valence-corrected chi connectivity index (χ3v) is 7.41. The molecule has 0 unspecified atom stereocenters. The van der Waals surface area contributed by atoms with E-state index in [1.54, 1.807) is 11.3 Å². The third kappa shape index (κ3) is 3.85. The van der Waals surface area contributed by atoms with Gasteiger partial charge in [0.25, 0.3) is 0 Å².